The second-order valence-corrected chi connectivity index (χ2v) is 7.46. The van der Waals surface area contributed by atoms with Crippen molar-refractivity contribution in [2.45, 2.75) is 38.4 Å². The molecule has 3 N–H and O–H groups in total. The van der Waals surface area contributed by atoms with Crippen LogP contribution in [-0.4, -0.2) is 10.1 Å². The average molecular weight is 403 g/mol. The van der Waals surface area contributed by atoms with Crippen LogP contribution in [0.25, 0.3) is 10.9 Å². The van der Waals surface area contributed by atoms with Gasteiger partial charge in [0, 0.05) is 28.8 Å². The molecule has 2 aromatic carbocycles. The van der Waals surface area contributed by atoms with Crippen molar-refractivity contribution in [1.29, 1.82) is 0 Å². The van der Waals surface area contributed by atoms with Crippen LogP contribution >= 0.6 is 12.2 Å². The first-order chi connectivity index (χ1) is 13.4. The molecule has 1 heterocycles. The van der Waals surface area contributed by atoms with Crippen LogP contribution < -0.4 is 10.6 Å². The Balaban J connectivity index is 1.42. The van der Waals surface area contributed by atoms with E-state index in [1.807, 2.05) is 6.07 Å². The predicted molar refractivity (Wildman–Crippen MR) is 109 cm³/mol. The zero-order valence-electron chi connectivity index (χ0n) is 15.1. The Labute approximate surface area is 166 Å². The Morgan fingerprint density at radius 3 is 2.71 bits per heavy atom. The number of H-pyrrole nitrogens is 1. The summed E-state index contributed by atoms with van der Waals surface area (Å²) >= 11 is 5.24. The molecule has 1 aliphatic carbocycles. The number of halogens is 3. The molecule has 1 aliphatic rings. The maximum Gasteiger partial charge on any atom is 0.416 e. The minimum atomic E-state index is -4.38. The maximum absolute atomic E-state index is 12.8. The van der Waals surface area contributed by atoms with Crippen molar-refractivity contribution >= 4 is 33.9 Å². The monoisotopic (exact) mass is 403 g/mol. The fraction of sp³-hybridized carbons (Fsp3) is 0.286. The van der Waals surface area contributed by atoms with Gasteiger partial charge in [0.1, 0.15) is 0 Å². The van der Waals surface area contributed by atoms with Crippen molar-refractivity contribution in [3.05, 3.63) is 64.8 Å². The molecule has 146 valence electrons. The quantitative estimate of drug-likeness (QED) is 0.502. The Morgan fingerprint density at radius 2 is 1.89 bits per heavy atom. The van der Waals surface area contributed by atoms with E-state index in [9.17, 15) is 13.2 Å². The van der Waals surface area contributed by atoms with Crippen LogP contribution in [0.5, 0.6) is 0 Å². The van der Waals surface area contributed by atoms with Crippen molar-refractivity contribution in [3.8, 4) is 0 Å². The Bertz CT molecular complexity index is 1020. The number of benzene rings is 2. The van der Waals surface area contributed by atoms with Gasteiger partial charge in [-0.1, -0.05) is 12.1 Å². The lowest BCUT2D eigenvalue weighted by Gasteiger charge is -2.13. The SMILES string of the molecule is FC(F)(F)c1cccc(NC(=S)NCc2ccc3[nH]c4c(c3c2)CCCC4)c1. The number of aryl methyl sites for hydroxylation is 2. The highest BCUT2D eigenvalue weighted by molar-refractivity contribution is 7.80. The summed E-state index contributed by atoms with van der Waals surface area (Å²) in [6.07, 6.45) is 0.263. The smallest absolute Gasteiger partial charge is 0.358 e. The Morgan fingerprint density at radius 1 is 1.07 bits per heavy atom. The van der Waals surface area contributed by atoms with E-state index in [1.54, 1.807) is 6.07 Å². The first-order valence-electron chi connectivity index (χ1n) is 9.24. The fourth-order valence-corrected chi connectivity index (χ4v) is 3.88. The molecule has 0 fully saturated rings. The summed E-state index contributed by atoms with van der Waals surface area (Å²) in [5, 5.41) is 7.44. The third-order valence-electron chi connectivity index (χ3n) is 5.06. The van der Waals surface area contributed by atoms with E-state index in [0.717, 1.165) is 36.1 Å². The molecule has 4 rings (SSSR count). The molecule has 0 amide bonds. The van der Waals surface area contributed by atoms with E-state index in [0.29, 0.717) is 12.2 Å². The number of anilines is 1. The zero-order chi connectivity index (χ0) is 19.7. The first kappa shape index (κ1) is 18.8. The van der Waals surface area contributed by atoms with E-state index < -0.39 is 11.7 Å². The topological polar surface area (TPSA) is 39.8 Å². The molecule has 0 aliphatic heterocycles. The van der Waals surface area contributed by atoms with Crippen LogP contribution in [0.3, 0.4) is 0 Å². The van der Waals surface area contributed by atoms with E-state index in [4.69, 9.17) is 12.2 Å². The number of rotatable bonds is 3. The summed E-state index contributed by atoms with van der Waals surface area (Å²) in [5.41, 5.74) is 4.58. The highest BCUT2D eigenvalue weighted by atomic mass is 32.1. The van der Waals surface area contributed by atoms with E-state index in [-0.39, 0.29) is 5.11 Å². The lowest BCUT2D eigenvalue weighted by atomic mass is 9.95. The Hall–Kier alpha value is -2.54. The lowest BCUT2D eigenvalue weighted by Crippen LogP contribution is -2.28. The standard InChI is InChI=1S/C21H20F3N3S/c22-21(23,24)14-4-3-5-15(11-14)26-20(28)25-12-13-8-9-19-17(10-13)16-6-1-2-7-18(16)27-19/h3-5,8-11,27H,1-2,6-7,12H2,(H2,25,26,28). The van der Waals surface area contributed by atoms with E-state index in [2.05, 4.69) is 27.8 Å². The number of aromatic amines is 1. The highest BCUT2D eigenvalue weighted by Crippen LogP contribution is 2.31. The van der Waals surface area contributed by atoms with Crippen molar-refractivity contribution in [1.82, 2.24) is 10.3 Å². The summed E-state index contributed by atoms with van der Waals surface area (Å²) in [7, 11) is 0. The van der Waals surface area contributed by atoms with Crippen LogP contribution in [0.15, 0.2) is 42.5 Å². The minimum Gasteiger partial charge on any atom is -0.358 e. The average Bonchev–Trinajstić information content (AvgIpc) is 3.04. The van der Waals surface area contributed by atoms with Gasteiger partial charge in [-0.15, -0.1) is 0 Å². The van der Waals surface area contributed by atoms with Crippen molar-refractivity contribution in [2.75, 3.05) is 5.32 Å². The molecule has 7 heteroatoms. The van der Waals surface area contributed by atoms with E-state index in [1.165, 1.54) is 35.6 Å². The molecule has 3 nitrogen and oxygen atoms in total. The number of nitrogens with one attached hydrogen (secondary N) is 3. The number of alkyl halides is 3. The lowest BCUT2D eigenvalue weighted by molar-refractivity contribution is -0.137. The number of thiocarbonyl (C=S) groups is 1. The number of hydrogen-bond acceptors (Lipinski definition) is 1. The normalized spacial score (nSPS) is 14.0. The number of aromatic nitrogens is 1. The van der Waals surface area contributed by atoms with Gasteiger partial charge >= 0.3 is 6.18 Å². The zero-order valence-corrected chi connectivity index (χ0v) is 15.9. The predicted octanol–water partition coefficient (Wildman–Crippen LogP) is 5.55. The second kappa shape index (κ2) is 7.47. The van der Waals surface area contributed by atoms with Crippen LogP contribution in [0.1, 0.15) is 35.2 Å². The van der Waals surface area contributed by atoms with Gasteiger partial charge in [-0.2, -0.15) is 13.2 Å². The van der Waals surface area contributed by atoms with Crippen LogP contribution in [-0.2, 0) is 25.6 Å². The number of hydrogen-bond donors (Lipinski definition) is 3. The maximum atomic E-state index is 12.8. The van der Waals surface area contributed by atoms with E-state index >= 15 is 0 Å². The first-order valence-corrected chi connectivity index (χ1v) is 9.65. The molecule has 0 unspecified atom stereocenters. The minimum absolute atomic E-state index is 0.288. The summed E-state index contributed by atoms with van der Waals surface area (Å²) in [6.45, 7) is 0.501. The van der Waals surface area contributed by atoms with Gasteiger partial charge < -0.3 is 15.6 Å². The van der Waals surface area contributed by atoms with Crippen LogP contribution in [0, 0.1) is 0 Å². The molecule has 3 aromatic rings. The molecule has 0 saturated carbocycles. The Kier molecular flexibility index (Phi) is 5.02. The molecular formula is C21H20F3N3S. The molecule has 1 aromatic heterocycles. The van der Waals surface area contributed by atoms with Gasteiger partial charge in [0.15, 0.2) is 5.11 Å². The summed E-state index contributed by atoms with van der Waals surface area (Å²) in [5.74, 6) is 0. The van der Waals surface area contributed by atoms with Gasteiger partial charge in [-0.05, 0) is 79.4 Å². The van der Waals surface area contributed by atoms with Crippen molar-refractivity contribution in [2.24, 2.45) is 0 Å². The molecule has 0 radical (unpaired) electrons. The van der Waals surface area contributed by atoms with Gasteiger partial charge in [0.25, 0.3) is 0 Å². The molecule has 28 heavy (non-hydrogen) atoms. The van der Waals surface area contributed by atoms with Gasteiger partial charge in [-0.3, -0.25) is 0 Å². The van der Waals surface area contributed by atoms with Crippen molar-refractivity contribution < 1.29 is 13.2 Å². The van der Waals surface area contributed by atoms with Crippen LogP contribution in [0.2, 0.25) is 0 Å². The molecule has 0 spiro atoms. The largest absolute Gasteiger partial charge is 0.416 e. The van der Waals surface area contributed by atoms with Gasteiger partial charge in [0.05, 0.1) is 5.56 Å². The third-order valence-corrected chi connectivity index (χ3v) is 5.31. The number of fused-ring (bicyclic) bond motifs is 3. The third kappa shape index (κ3) is 3.99. The second-order valence-electron chi connectivity index (χ2n) is 7.06. The van der Waals surface area contributed by atoms with Crippen LogP contribution in [0.4, 0.5) is 18.9 Å². The summed E-state index contributed by atoms with van der Waals surface area (Å²) in [6, 6.07) is 11.3. The van der Waals surface area contributed by atoms with Gasteiger partial charge in [0.2, 0.25) is 0 Å². The summed E-state index contributed by atoms with van der Waals surface area (Å²) in [4.78, 5) is 3.51. The highest BCUT2D eigenvalue weighted by Gasteiger charge is 2.30. The van der Waals surface area contributed by atoms with Crippen molar-refractivity contribution in [3.63, 3.8) is 0 Å². The molecule has 0 atom stereocenters. The fourth-order valence-electron chi connectivity index (χ4n) is 3.69. The summed E-state index contributed by atoms with van der Waals surface area (Å²) < 4.78 is 38.5. The molecular weight excluding hydrogens is 383 g/mol. The van der Waals surface area contributed by atoms with Gasteiger partial charge in [-0.25, -0.2) is 0 Å². The molecule has 0 saturated heterocycles. The molecule has 0 bridgehead atoms.